The van der Waals surface area contributed by atoms with Gasteiger partial charge in [0.05, 0.1) is 5.00 Å². The summed E-state index contributed by atoms with van der Waals surface area (Å²) in [5, 5.41) is 8.26. The highest BCUT2D eigenvalue weighted by Crippen LogP contribution is 2.22. The van der Waals surface area contributed by atoms with Crippen molar-refractivity contribution < 1.29 is 14.3 Å². The van der Waals surface area contributed by atoms with E-state index < -0.39 is 0 Å². The lowest BCUT2D eigenvalue weighted by Crippen LogP contribution is -2.21. The Bertz CT molecular complexity index is 997. The van der Waals surface area contributed by atoms with E-state index in [9.17, 15) is 9.59 Å². The molecule has 3 rings (SSSR count). The fraction of sp³-hybridized carbons (Fsp3) is 0.182. The van der Waals surface area contributed by atoms with E-state index in [0.717, 1.165) is 16.1 Å². The van der Waals surface area contributed by atoms with Crippen molar-refractivity contribution >= 4 is 33.8 Å². The van der Waals surface area contributed by atoms with Crippen LogP contribution in [0.2, 0.25) is 0 Å². The van der Waals surface area contributed by atoms with Crippen molar-refractivity contribution in [2.75, 3.05) is 17.2 Å². The third kappa shape index (κ3) is 4.98. The van der Waals surface area contributed by atoms with Crippen molar-refractivity contribution in [1.82, 2.24) is 0 Å². The van der Waals surface area contributed by atoms with Gasteiger partial charge in [-0.2, -0.15) is 0 Å². The van der Waals surface area contributed by atoms with Crippen LogP contribution in [-0.4, -0.2) is 18.4 Å². The van der Waals surface area contributed by atoms with Crippen molar-refractivity contribution in [3.05, 3.63) is 76.2 Å². The van der Waals surface area contributed by atoms with Crippen LogP contribution in [0.25, 0.3) is 0 Å². The minimum absolute atomic E-state index is 0.102. The highest BCUT2D eigenvalue weighted by molar-refractivity contribution is 7.14. The van der Waals surface area contributed by atoms with Gasteiger partial charge in [0, 0.05) is 11.3 Å². The molecule has 3 aromatic rings. The number of nitrogens with one attached hydrogen (secondary N) is 2. The van der Waals surface area contributed by atoms with Gasteiger partial charge in [0.25, 0.3) is 11.8 Å². The van der Waals surface area contributed by atoms with Gasteiger partial charge >= 0.3 is 0 Å². The largest absolute Gasteiger partial charge is 0.483 e. The molecule has 144 valence electrons. The minimum Gasteiger partial charge on any atom is -0.483 e. The number of aryl methyl sites for hydroxylation is 3. The quantitative estimate of drug-likeness (QED) is 0.622. The van der Waals surface area contributed by atoms with E-state index in [1.807, 2.05) is 50.4 Å². The summed E-state index contributed by atoms with van der Waals surface area (Å²) in [5.41, 5.74) is 4.31. The number of amides is 2. The molecule has 2 aromatic carbocycles. The summed E-state index contributed by atoms with van der Waals surface area (Å²) in [6, 6.07) is 14.5. The molecular weight excluding hydrogens is 372 g/mol. The molecule has 2 N–H and O–H groups in total. The van der Waals surface area contributed by atoms with Gasteiger partial charge in [-0.3, -0.25) is 9.59 Å². The standard InChI is InChI=1S/C22H22N2O3S/c1-14-10-16(3)19(11-15(14)2)27-13-20(25)23-18-7-4-6-17(12-18)22(26)24-21-8-5-9-28-21/h4-12H,13H2,1-3H3,(H,23,25)(H,24,26). The third-order valence-electron chi connectivity index (χ3n) is 4.32. The second-order valence-corrected chi connectivity index (χ2v) is 7.50. The average Bonchev–Trinajstić information content (AvgIpc) is 3.17. The zero-order valence-electron chi connectivity index (χ0n) is 16.0. The molecule has 28 heavy (non-hydrogen) atoms. The van der Waals surface area contributed by atoms with E-state index in [1.165, 1.54) is 16.9 Å². The number of hydrogen-bond donors (Lipinski definition) is 2. The van der Waals surface area contributed by atoms with E-state index in [-0.39, 0.29) is 18.4 Å². The van der Waals surface area contributed by atoms with E-state index in [2.05, 4.69) is 10.6 Å². The smallest absolute Gasteiger partial charge is 0.262 e. The van der Waals surface area contributed by atoms with E-state index in [1.54, 1.807) is 24.3 Å². The van der Waals surface area contributed by atoms with Gasteiger partial charge in [-0.25, -0.2) is 0 Å². The molecule has 1 heterocycles. The monoisotopic (exact) mass is 394 g/mol. The SMILES string of the molecule is Cc1cc(C)c(OCC(=O)Nc2cccc(C(=O)Nc3cccs3)c2)cc1C. The Balaban J connectivity index is 1.60. The Hall–Kier alpha value is -3.12. The molecule has 0 unspecified atom stereocenters. The molecule has 0 saturated heterocycles. The van der Waals surface area contributed by atoms with Crippen LogP contribution in [0, 0.1) is 20.8 Å². The maximum atomic E-state index is 12.3. The molecule has 0 aliphatic heterocycles. The van der Waals surface area contributed by atoms with Gasteiger partial charge in [-0.15, -0.1) is 11.3 Å². The molecule has 6 heteroatoms. The summed E-state index contributed by atoms with van der Waals surface area (Å²) in [4.78, 5) is 24.6. The van der Waals surface area contributed by atoms with Gasteiger partial charge in [0.1, 0.15) is 5.75 Å². The van der Waals surface area contributed by atoms with Crippen LogP contribution in [0.15, 0.2) is 53.9 Å². The first kappa shape index (κ1) is 19.6. The van der Waals surface area contributed by atoms with Gasteiger partial charge < -0.3 is 15.4 Å². The fourth-order valence-corrected chi connectivity index (χ4v) is 3.31. The first-order chi connectivity index (χ1) is 13.4. The molecule has 0 atom stereocenters. The van der Waals surface area contributed by atoms with Crippen LogP contribution in [0.1, 0.15) is 27.0 Å². The summed E-state index contributed by atoms with van der Waals surface area (Å²) in [6.07, 6.45) is 0. The van der Waals surface area contributed by atoms with Crippen LogP contribution in [0.3, 0.4) is 0 Å². The molecular formula is C22H22N2O3S. The zero-order valence-corrected chi connectivity index (χ0v) is 16.9. The number of anilines is 2. The second kappa shape index (κ2) is 8.71. The Kier molecular flexibility index (Phi) is 6.11. The zero-order chi connectivity index (χ0) is 20.1. The van der Waals surface area contributed by atoms with E-state index >= 15 is 0 Å². The molecule has 0 aliphatic carbocycles. The Morgan fingerprint density at radius 1 is 0.929 bits per heavy atom. The van der Waals surface area contributed by atoms with Crippen molar-refractivity contribution in [2.45, 2.75) is 20.8 Å². The summed E-state index contributed by atoms with van der Waals surface area (Å²) < 4.78 is 5.66. The molecule has 0 aliphatic rings. The predicted octanol–water partition coefficient (Wildman–Crippen LogP) is 4.94. The van der Waals surface area contributed by atoms with Gasteiger partial charge in [0.15, 0.2) is 6.61 Å². The van der Waals surface area contributed by atoms with Crippen LogP contribution >= 0.6 is 11.3 Å². The average molecular weight is 394 g/mol. The Labute approximate surface area is 168 Å². The molecule has 0 bridgehead atoms. The molecule has 0 saturated carbocycles. The highest BCUT2D eigenvalue weighted by Gasteiger charge is 2.10. The Morgan fingerprint density at radius 3 is 2.46 bits per heavy atom. The van der Waals surface area contributed by atoms with Crippen LogP contribution in [-0.2, 0) is 4.79 Å². The molecule has 1 aromatic heterocycles. The summed E-state index contributed by atoms with van der Waals surface area (Å²) in [7, 11) is 0. The van der Waals surface area contributed by atoms with Crippen molar-refractivity contribution in [2.24, 2.45) is 0 Å². The number of rotatable bonds is 6. The summed E-state index contributed by atoms with van der Waals surface area (Å²) in [5.74, 6) is 0.191. The van der Waals surface area contributed by atoms with Crippen molar-refractivity contribution in [3.8, 4) is 5.75 Å². The Morgan fingerprint density at radius 2 is 1.71 bits per heavy atom. The van der Waals surface area contributed by atoms with Gasteiger partial charge in [-0.05, 0) is 79.2 Å². The minimum atomic E-state index is -0.284. The predicted molar refractivity (Wildman–Crippen MR) is 113 cm³/mol. The topological polar surface area (TPSA) is 67.4 Å². The van der Waals surface area contributed by atoms with Gasteiger partial charge in [0.2, 0.25) is 0 Å². The summed E-state index contributed by atoms with van der Waals surface area (Å²) in [6.45, 7) is 5.90. The molecule has 2 amide bonds. The number of hydrogen-bond acceptors (Lipinski definition) is 4. The lowest BCUT2D eigenvalue weighted by atomic mass is 10.1. The van der Waals surface area contributed by atoms with Crippen LogP contribution in [0.4, 0.5) is 10.7 Å². The number of carbonyl (C=O) groups excluding carboxylic acids is 2. The van der Waals surface area contributed by atoms with E-state index in [4.69, 9.17) is 4.74 Å². The van der Waals surface area contributed by atoms with Crippen molar-refractivity contribution in [1.29, 1.82) is 0 Å². The lowest BCUT2D eigenvalue weighted by molar-refractivity contribution is -0.118. The number of benzene rings is 2. The first-order valence-corrected chi connectivity index (χ1v) is 9.76. The van der Waals surface area contributed by atoms with Gasteiger partial charge in [-0.1, -0.05) is 12.1 Å². The van der Waals surface area contributed by atoms with Crippen molar-refractivity contribution in [3.63, 3.8) is 0 Å². The van der Waals surface area contributed by atoms with Crippen LogP contribution in [0.5, 0.6) is 5.75 Å². The summed E-state index contributed by atoms with van der Waals surface area (Å²) >= 11 is 1.45. The highest BCUT2D eigenvalue weighted by atomic mass is 32.1. The second-order valence-electron chi connectivity index (χ2n) is 6.55. The number of ether oxygens (including phenoxy) is 1. The van der Waals surface area contributed by atoms with E-state index in [0.29, 0.717) is 17.0 Å². The fourth-order valence-electron chi connectivity index (χ4n) is 2.70. The normalized spacial score (nSPS) is 10.4. The molecule has 0 fully saturated rings. The lowest BCUT2D eigenvalue weighted by Gasteiger charge is -2.12. The third-order valence-corrected chi connectivity index (χ3v) is 5.10. The molecule has 5 nitrogen and oxygen atoms in total. The van der Waals surface area contributed by atoms with Crippen LogP contribution < -0.4 is 15.4 Å². The maximum Gasteiger partial charge on any atom is 0.262 e. The number of thiophene rings is 1. The number of carbonyl (C=O) groups is 2. The maximum absolute atomic E-state index is 12.3. The molecule has 0 radical (unpaired) electrons. The molecule has 0 spiro atoms. The first-order valence-electron chi connectivity index (χ1n) is 8.88.